The van der Waals surface area contributed by atoms with Gasteiger partial charge in [0, 0.05) is 50.3 Å². The third-order valence-electron chi connectivity index (χ3n) is 6.38. The maximum absolute atomic E-state index is 14.2. The van der Waals surface area contributed by atoms with E-state index in [0.717, 1.165) is 40.2 Å². The summed E-state index contributed by atoms with van der Waals surface area (Å²) in [6.45, 7) is 11.9. The first kappa shape index (κ1) is 28.7. The number of halogens is 2. The Bertz CT molecular complexity index is 1080. The van der Waals surface area contributed by atoms with Crippen molar-refractivity contribution in [1.29, 1.82) is 0 Å². The first-order chi connectivity index (χ1) is 16.9. The van der Waals surface area contributed by atoms with Crippen LogP contribution in [0.15, 0.2) is 18.2 Å². The Balaban J connectivity index is 1.95. The number of fused-ring (bicyclic) bond motifs is 1. The number of carbonyl (C=O) groups excluding carboxylic acids is 2. The third-order valence-corrected chi connectivity index (χ3v) is 7.47. The van der Waals surface area contributed by atoms with Gasteiger partial charge in [-0.15, -0.1) is 0 Å². The topological polar surface area (TPSA) is 64.0 Å². The van der Waals surface area contributed by atoms with E-state index in [-0.39, 0.29) is 29.9 Å². The number of rotatable bonds is 8. The lowest BCUT2D eigenvalue weighted by molar-refractivity contribution is 0.00731. The maximum atomic E-state index is 14.2. The molecule has 1 fully saturated rings. The van der Waals surface area contributed by atoms with Crippen LogP contribution < -0.4 is 0 Å². The second-order valence-electron chi connectivity index (χ2n) is 10.7. The average molecular weight is 616 g/mol. The van der Waals surface area contributed by atoms with E-state index in [2.05, 4.69) is 22.6 Å². The molecule has 1 atom stereocenters. The molecule has 1 aromatic heterocycles. The van der Waals surface area contributed by atoms with Gasteiger partial charge in [0.15, 0.2) is 0 Å². The third kappa shape index (κ3) is 6.70. The highest BCUT2D eigenvalue weighted by molar-refractivity contribution is 14.1. The summed E-state index contributed by atoms with van der Waals surface area (Å²) < 4.78 is 27.7. The van der Waals surface area contributed by atoms with Gasteiger partial charge < -0.3 is 23.8 Å². The van der Waals surface area contributed by atoms with E-state index in [1.54, 1.807) is 18.1 Å². The summed E-state index contributed by atoms with van der Waals surface area (Å²) in [5, 5.41) is 0.744. The van der Waals surface area contributed by atoms with E-state index in [9.17, 15) is 14.0 Å². The molecule has 200 valence electrons. The van der Waals surface area contributed by atoms with Crippen molar-refractivity contribution in [1.82, 2.24) is 14.4 Å². The van der Waals surface area contributed by atoms with Crippen LogP contribution in [0.5, 0.6) is 0 Å². The van der Waals surface area contributed by atoms with E-state index < -0.39 is 5.60 Å². The first-order valence-corrected chi connectivity index (χ1v) is 13.8. The van der Waals surface area contributed by atoms with Crippen LogP contribution in [-0.4, -0.2) is 70.9 Å². The van der Waals surface area contributed by atoms with Crippen LogP contribution in [0.1, 0.15) is 70.8 Å². The van der Waals surface area contributed by atoms with Crippen LogP contribution in [0.3, 0.4) is 0 Å². The number of ether oxygens (including phenoxy) is 2. The number of carbonyl (C=O) groups is 2. The van der Waals surface area contributed by atoms with Crippen LogP contribution in [0.4, 0.5) is 9.18 Å². The van der Waals surface area contributed by atoms with E-state index in [1.165, 1.54) is 12.1 Å². The number of amides is 2. The number of piperidine rings is 1. The van der Waals surface area contributed by atoms with Crippen LogP contribution in [-0.2, 0) is 16.0 Å². The molecular weight excluding hydrogens is 576 g/mol. The molecule has 0 bridgehead atoms. The molecule has 1 aliphatic heterocycles. The molecule has 9 heteroatoms. The van der Waals surface area contributed by atoms with Gasteiger partial charge in [-0.2, -0.15) is 0 Å². The highest BCUT2D eigenvalue weighted by atomic mass is 127. The summed E-state index contributed by atoms with van der Waals surface area (Å²) >= 11 is 2.17. The number of hydrogen-bond donors (Lipinski definition) is 0. The lowest BCUT2D eigenvalue weighted by Crippen LogP contribution is -2.54. The lowest BCUT2D eigenvalue weighted by Gasteiger charge is -2.41. The zero-order valence-corrected chi connectivity index (χ0v) is 24.4. The Morgan fingerprint density at radius 2 is 1.97 bits per heavy atom. The van der Waals surface area contributed by atoms with Gasteiger partial charge in [-0.25, -0.2) is 9.18 Å². The monoisotopic (exact) mass is 615 g/mol. The standard InChI is InChI=1S/C27H39FIN3O4/c1-18(2)32(20-10-9-13-30(17-20)26(34)36-27(3,4)5)25(33)24-23(29)21-16-19(28)11-12-22(21)31(24)14-7-8-15-35-6/h11-12,16,18,20H,7-10,13-15,17H2,1-6H3/t20-/m1/s1. The number of nitrogens with zero attached hydrogens (tertiary/aromatic N) is 3. The van der Waals surface area contributed by atoms with Crippen molar-refractivity contribution in [3.8, 4) is 0 Å². The van der Waals surface area contributed by atoms with Gasteiger partial charge in [0.2, 0.25) is 0 Å². The van der Waals surface area contributed by atoms with Crippen molar-refractivity contribution in [2.75, 3.05) is 26.8 Å². The number of hydrogen-bond acceptors (Lipinski definition) is 4. The molecule has 36 heavy (non-hydrogen) atoms. The summed E-state index contributed by atoms with van der Waals surface area (Å²) in [6.07, 6.45) is 2.96. The smallest absolute Gasteiger partial charge is 0.410 e. The van der Waals surface area contributed by atoms with E-state index in [0.29, 0.717) is 31.9 Å². The van der Waals surface area contributed by atoms with Crippen molar-refractivity contribution < 1.29 is 23.5 Å². The van der Waals surface area contributed by atoms with Crippen molar-refractivity contribution in [2.45, 2.75) is 84.5 Å². The van der Waals surface area contributed by atoms with Gasteiger partial charge in [-0.05, 0) is 101 Å². The highest BCUT2D eigenvalue weighted by Crippen LogP contribution is 2.32. The summed E-state index contributed by atoms with van der Waals surface area (Å²) in [6, 6.07) is 4.49. The molecule has 0 N–H and O–H groups in total. The molecule has 1 aromatic carbocycles. The Labute approximate surface area is 227 Å². The van der Waals surface area contributed by atoms with Crippen molar-refractivity contribution in [3.05, 3.63) is 33.3 Å². The summed E-state index contributed by atoms with van der Waals surface area (Å²) in [4.78, 5) is 30.6. The summed E-state index contributed by atoms with van der Waals surface area (Å²) in [5.41, 5.74) is 0.855. The second kappa shape index (κ2) is 12.1. The number of methoxy groups -OCH3 is 1. The number of likely N-dealkylation sites (tertiary alicyclic amines) is 1. The summed E-state index contributed by atoms with van der Waals surface area (Å²) in [7, 11) is 1.68. The molecule has 1 aliphatic rings. The van der Waals surface area contributed by atoms with E-state index in [4.69, 9.17) is 9.47 Å². The zero-order chi connectivity index (χ0) is 26.6. The minimum Gasteiger partial charge on any atom is -0.444 e. The minimum absolute atomic E-state index is 0.0754. The predicted molar refractivity (Wildman–Crippen MR) is 148 cm³/mol. The zero-order valence-electron chi connectivity index (χ0n) is 22.3. The van der Waals surface area contributed by atoms with Gasteiger partial charge in [0.1, 0.15) is 17.1 Å². The van der Waals surface area contributed by atoms with Gasteiger partial charge in [-0.3, -0.25) is 4.79 Å². The number of aromatic nitrogens is 1. The van der Waals surface area contributed by atoms with Gasteiger partial charge >= 0.3 is 6.09 Å². The minimum atomic E-state index is -0.577. The van der Waals surface area contributed by atoms with Crippen molar-refractivity contribution >= 4 is 45.5 Å². The Hall–Kier alpha value is -1.88. The molecule has 2 heterocycles. The fourth-order valence-electron chi connectivity index (χ4n) is 4.86. The second-order valence-corrected chi connectivity index (χ2v) is 11.8. The summed E-state index contributed by atoms with van der Waals surface area (Å²) in [5.74, 6) is -0.411. The molecule has 7 nitrogen and oxygen atoms in total. The fourth-order valence-corrected chi connectivity index (χ4v) is 5.82. The molecule has 3 rings (SSSR count). The predicted octanol–water partition coefficient (Wildman–Crippen LogP) is 6.06. The Morgan fingerprint density at radius 1 is 1.25 bits per heavy atom. The van der Waals surface area contributed by atoms with Gasteiger partial charge in [0.05, 0.1) is 9.61 Å². The molecular formula is C27H39FIN3O4. The van der Waals surface area contributed by atoms with Crippen molar-refractivity contribution in [3.63, 3.8) is 0 Å². The SMILES string of the molecule is COCCCCn1c(C(=O)N(C(C)C)[C@@H]2CCCN(C(=O)OC(C)(C)C)C2)c(I)c2cc(F)ccc21. The molecule has 0 saturated carbocycles. The number of aryl methyl sites for hydroxylation is 1. The fraction of sp³-hybridized carbons (Fsp3) is 0.630. The molecule has 2 amide bonds. The maximum Gasteiger partial charge on any atom is 0.410 e. The quantitative estimate of drug-likeness (QED) is 0.268. The molecule has 2 aromatic rings. The Morgan fingerprint density at radius 3 is 2.61 bits per heavy atom. The lowest BCUT2D eigenvalue weighted by atomic mass is 10.0. The average Bonchev–Trinajstić information content (AvgIpc) is 3.06. The largest absolute Gasteiger partial charge is 0.444 e. The number of unbranched alkanes of at least 4 members (excludes halogenated alkanes) is 1. The number of benzene rings is 1. The molecule has 0 aliphatic carbocycles. The van der Waals surface area contributed by atoms with Crippen molar-refractivity contribution in [2.24, 2.45) is 0 Å². The van der Waals surface area contributed by atoms with E-state index in [1.807, 2.05) is 44.1 Å². The normalized spacial score (nSPS) is 16.6. The van der Waals surface area contributed by atoms with Crippen LogP contribution in [0.2, 0.25) is 0 Å². The Kier molecular flexibility index (Phi) is 9.65. The molecule has 0 unspecified atom stereocenters. The first-order valence-electron chi connectivity index (χ1n) is 12.7. The van der Waals surface area contributed by atoms with Crippen LogP contribution in [0, 0.1) is 9.39 Å². The van der Waals surface area contributed by atoms with Gasteiger partial charge in [-0.1, -0.05) is 0 Å². The van der Waals surface area contributed by atoms with Gasteiger partial charge in [0.25, 0.3) is 5.91 Å². The van der Waals surface area contributed by atoms with Crippen LogP contribution in [0.25, 0.3) is 10.9 Å². The highest BCUT2D eigenvalue weighted by Gasteiger charge is 2.36. The molecule has 0 radical (unpaired) electrons. The van der Waals surface area contributed by atoms with Crippen LogP contribution >= 0.6 is 22.6 Å². The molecule has 1 saturated heterocycles. The van der Waals surface area contributed by atoms with E-state index >= 15 is 0 Å². The molecule has 0 spiro atoms.